The van der Waals surface area contributed by atoms with E-state index in [1.165, 1.54) is 0 Å². The molecule has 1 unspecified atom stereocenters. The van der Waals surface area contributed by atoms with Gasteiger partial charge < -0.3 is 20.0 Å². The van der Waals surface area contributed by atoms with Crippen LogP contribution >= 0.6 is 35.6 Å². The number of hydrogen-bond acceptors (Lipinski definition) is 3. The molecule has 1 aromatic rings. The zero-order chi connectivity index (χ0) is 19.1. The van der Waals surface area contributed by atoms with Gasteiger partial charge >= 0.3 is 0 Å². The molecule has 0 saturated carbocycles. The van der Waals surface area contributed by atoms with Gasteiger partial charge in [0, 0.05) is 46.3 Å². The number of piperazine rings is 1. The Labute approximate surface area is 185 Å². The van der Waals surface area contributed by atoms with E-state index in [0.29, 0.717) is 6.04 Å². The molecule has 8 heteroatoms. The van der Waals surface area contributed by atoms with Crippen molar-refractivity contribution in [2.45, 2.75) is 26.3 Å². The average molecular weight is 508 g/mol. The molecule has 1 N–H and O–H groups in total. The molecule has 27 heavy (non-hydrogen) atoms. The third-order valence-electron chi connectivity index (χ3n) is 4.62. The summed E-state index contributed by atoms with van der Waals surface area (Å²) in [4.78, 5) is 22.6. The van der Waals surface area contributed by atoms with E-state index in [1.54, 1.807) is 19.0 Å². The van der Waals surface area contributed by atoms with Gasteiger partial charge in [-0.2, -0.15) is 0 Å². The van der Waals surface area contributed by atoms with Gasteiger partial charge in [-0.3, -0.25) is 4.79 Å². The number of likely N-dealkylation sites (N-methyl/N-ethyl adjacent to an activating group) is 1. The number of hydrogen-bond donors (Lipinski definition) is 1. The van der Waals surface area contributed by atoms with Crippen molar-refractivity contribution in [3.05, 3.63) is 29.3 Å². The third kappa shape index (κ3) is 7.03. The standard InChI is InChI=1S/C19H30ClN5O.HI/c1-5-15(2)22-19(21-14-18(26)23(3)4)25-12-10-24(11-13-25)17-9-7-6-8-16(17)20;/h6-9,15H,5,10-14H2,1-4H3,(H,21,22);1H. The SMILES string of the molecule is CCC(C)NC(=NCC(=O)N(C)C)N1CCN(c2ccccc2Cl)CC1.I. The molecule has 1 saturated heterocycles. The summed E-state index contributed by atoms with van der Waals surface area (Å²) in [5.74, 6) is 0.816. The summed E-state index contributed by atoms with van der Waals surface area (Å²) in [7, 11) is 3.50. The van der Waals surface area contributed by atoms with Gasteiger partial charge in [-0.05, 0) is 25.5 Å². The number of carbonyl (C=O) groups is 1. The minimum atomic E-state index is 0. The number of guanidine groups is 1. The molecule has 152 valence electrons. The van der Waals surface area contributed by atoms with Crippen LogP contribution in [0.2, 0.25) is 5.02 Å². The van der Waals surface area contributed by atoms with Crippen LogP contribution in [-0.4, -0.2) is 74.5 Å². The minimum Gasteiger partial charge on any atom is -0.367 e. The van der Waals surface area contributed by atoms with Gasteiger partial charge in [0.15, 0.2) is 5.96 Å². The second-order valence-electron chi connectivity index (χ2n) is 6.81. The van der Waals surface area contributed by atoms with Crippen LogP contribution in [0.3, 0.4) is 0 Å². The highest BCUT2D eigenvalue weighted by atomic mass is 127. The Morgan fingerprint density at radius 1 is 1.26 bits per heavy atom. The first-order valence-electron chi connectivity index (χ1n) is 9.18. The highest BCUT2D eigenvalue weighted by Crippen LogP contribution is 2.26. The van der Waals surface area contributed by atoms with E-state index < -0.39 is 0 Å². The van der Waals surface area contributed by atoms with Crippen molar-refractivity contribution in [2.75, 3.05) is 51.7 Å². The molecule has 2 rings (SSSR count). The second kappa shape index (κ2) is 11.6. The highest BCUT2D eigenvalue weighted by Gasteiger charge is 2.22. The topological polar surface area (TPSA) is 51.2 Å². The van der Waals surface area contributed by atoms with Gasteiger partial charge in [-0.1, -0.05) is 30.7 Å². The number of carbonyl (C=O) groups excluding carboxylic acids is 1. The number of para-hydroxylation sites is 1. The molecule has 6 nitrogen and oxygen atoms in total. The zero-order valence-electron chi connectivity index (χ0n) is 16.6. The maximum absolute atomic E-state index is 11.9. The molecular formula is C19H31ClIN5O. The summed E-state index contributed by atoms with van der Waals surface area (Å²) >= 11 is 6.32. The number of aliphatic imine (C=N–C) groups is 1. The molecule has 0 spiro atoms. The first-order valence-corrected chi connectivity index (χ1v) is 9.55. The number of halogens is 2. The fraction of sp³-hybridized carbons (Fsp3) is 0.579. The average Bonchev–Trinajstić information content (AvgIpc) is 2.65. The Hall–Kier alpha value is -1.22. The van der Waals surface area contributed by atoms with E-state index in [4.69, 9.17) is 11.6 Å². The summed E-state index contributed by atoms with van der Waals surface area (Å²) < 4.78 is 0. The molecule has 0 bridgehead atoms. The number of nitrogens with one attached hydrogen (secondary N) is 1. The van der Waals surface area contributed by atoms with E-state index in [0.717, 1.165) is 49.3 Å². The Balaban J connectivity index is 0.00000364. The van der Waals surface area contributed by atoms with Gasteiger partial charge in [-0.15, -0.1) is 24.0 Å². The number of anilines is 1. The first kappa shape index (κ1) is 23.8. The lowest BCUT2D eigenvalue weighted by molar-refractivity contribution is -0.127. The van der Waals surface area contributed by atoms with Crippen molar-refractivity contribution in [2.24, 2.45) is 4.99 Å². The Bertz CT molecular complexity index is 632. The van der Waals surface area contributed by atoms with Crippen LogP contribution in [0, 0.1) is 0 Å². The number of nitrogens with zero attached hydrogens (tertiary/aromatic N) is 4. The van der Waals surface area contributed by atoms with Crippen LogP contribution in [-0.2, 0) is 4.79 Å². The molecule has 0 aliphatic carbocycles. The van der Waals surface area contributed by atoms with Crippen molar-refractivity contribution in [1.82, 2.24) is 15.1 Å². The Morgan fingerprint density at radius 3 is 2.44 bits per heavy atom. The zero-order valence-corrected chi connectivity index (χ0v) is 19.7. The molecule has 1 aromatic carbocycles. The van der Waals surface area contributed by atoms with Gasteiger partial charge in [0.25, 0.3) is 0 Å². The smallest absolute Gasteiger partial charge is 0.243 e. The lowest BCUT2D eigenvalue weighted by Gasteiger charge is -2.38. The number of amides is 1. The molecular weight excluding hydrogens is 477 g/mol. The Morgan fingerprint density at radius 2 is 1.89 bits per heavy atom. The molecule has 1 amide bonds. The fourth-order valence-corrected chi connectivity index (χ4v) is 2.97. The van der Waals surface area contributed by atoms with Gasteiger partial charge in [0.2, 0.25) is 5.91 Å². The lowest BCUT2D eigenvalue weighted by Crippen LogP contribution is -2.54. The van der Waals surface area contributed by atoms with Crippen molar-refractivity contribution in [1.29, 1.82) is 0 Å². The molecule has 0 radical (unpaired) electrons. The summed E-state index contributed by atoms with van der Waals surface area (Å²) in [5.41, 5.74) is 1.07. The molecule has 1 atom stereocenters. The molecule has 1 fully saturated rings. The summed E-state index contributed by atoms with van der Waals surface area (Å²) in [6.07, 6.45) is 1.00. The van der Waals surface area contributed by atoms with Crippen LogP contribution in [0.5, 0.6) is 0 Å². The summed E-state index contributed by atoms with van der Waals surface area (Å²) in [6, 6.07) is 8.25. The van der Waals surface area contributed by atoms with Crippen LogP contribution in [0.1, 0.15) is 20.3 Å². The second-order valence-corrected chi connectivity index (χ2v) is 7.21. The van der Waals surface area contributed by atoms with Gasteiger partial charge in [-0.25, -0.2) is 4.99 Å². The van der Waals surface area contributed by atoms with Crippen LogP contribution in [0.25, 0.3) is 0 Å². The van der Waals surface area contributed by atoms with E-state index in [-0.39, 0.29) is 36.4 Å². The predicted molar refractivity (Wildman–Crippen MR) is 125 cm³/mol. The van der Waals surface area contributed by atoms with Gasteiger partial charge in [0.1, 0.15) is 6.54 Å². The van der Waals surface area contributed by atoms with Crippen molar-refractivity contribution in [3.8, 4) is 0 Å². The predicted octanol–water partition coefficient (Wildman–Crippen LogP) is 2.91. The third-order valence-corrected chi connectivity index (χ3v) is 4.94. The molecule has 0 aromatic heterocycles. The van der Waals surface area contributed by atoms with Gasteiger partial charge in [0.05, 0.1) is 10.7 Å². The highest BCUT2D eigenvalue weighted by molar-refractivity contribution is 14.0. The maximum atomic E-state index is 11.9. The Kier molecular flexibility index (Phi) is 10.2. The van der Waals surface area contributed by atoms with Crippen LogP contribution in [0.15, 0.2) is 29.3 Å². The molecule has 1 aliphatic heterocycles. The first-order chi connectivity index (χ1) is 12.4. The van der Waals surface area contributed by atoms with E-state index in [1.807, 2.05) is 18.2 Å². The van der Waals surface area contributed by atoms with E-state index in [2.05, 4.69) is 40.0 Å². The normalized spacial score (nSPS) is 15.8. The number of rotatable bonds is 5. The van der Waals surface area contributed by atoms with Crippen molar-refractivity contribution < 1.29 is 4.79 Å². The summed E-state index contributed by atoms with van der Waals surface area (Å²) in [5, 5.41) is 4.24. The van der Waals surface area contributed by atoms with Crippen LogP contribution in [0.4, 0.5) is 5.69 Å². The van der Waals surface area contributed by atoms with Crippen LogP contribution < -0.4 is 10.2 Å². The monoisotopic (exact) mass is 507 g/mol. The molecule has 1 aliphatic rings. The van der Waals surface area contributed by atoms with E-state index in [9.17, 15) is 4.79 Å². The lowest BCUT2D eigenvalue weighted by atomic mass is 10.2. The van der Waals surface area contributed by atoms with E-state index >= 15 is 0 Å². The maximum Gasteiger partial charge on any atom is 0.243 e. The quantitative estimate of drug-likeness (QED) is 0.378. The molecule has 1 heterocycles. The summed E-state index contributed by atoms with van der Waals surface area (Å²) in [6.45, 7) is 7.84. The van der Waals surface area contributed by atoms with Crippen molar-refractivity contribution in [3.63, 3.8) is 0 Å². The number of benzene rings is 1. The van der Waals surface area contributed by atoms with Crippen molar-refractivity contribution >= 4 is 53.1 Å². The fourth-order valence-electron chi connectivity index (χ4n) is 2.71. The minimum absolute atomic E-state index is 0. The largest absolute Gasteiger partial charge is 0.367 e.